The predicted octanol–water partition coefficient (Wildman–Crippen LogP) is 3.94. The molecule has 0 atom stereocenters. The van der Waals surface area contributed by atoms with Crippen LogP contribution in [-0.4, -0.2) is 10.7 Å². The fourth-order valence-corrected chi connectivity index (χ4v) is 3.26. The summed E-state index contributed by atoms with van der Waals surface area (Å²) in [7, 11) is 0. The van der Waals surface area contributed by atoms with Crippen LogP contribution in [0.3, 0.4) is 0 Å². The minimum Gasteiger partial charge on any atom is -0.398 e. The van der Waals surface area contributed by atoms with Crippen molar-refractivity contribution in [1.82, 2.24) is 4.98 Å². The van der Waals surface area contributed by atoms with Crippen LogP contribution in [-0.2, 0) is 0 Å². The summed E-state index contributed by atoms with van der Waals surface area (Å²) < 4.78 is 1.18. The SMILES string of the molecule is Cc1nc2cc(SCC(C)C)c(N)cc2s1. The molecule has 0 aliphatic rings. The molecule has 0 aliphatic heterocycles. The van der Waals surface area contributed by atoms with E-state index in [1.54, 1.807) is 11.3 Å². The summed E-state index contributed by atoms with van der Waals surface area (Å²) in [6, 6.07) is 4.16. The zero-order valence-electron chi connectivity index (χ0n) is 9.78. The second kappa shape index (κ2) is 4.63. The van der Waals surface area contributed by atoms with Crippen molar-refractivity contribution in [2.24, 2.45) is 5.92 Å². The second-order valence-corrected chi connectivity index (χ2v) is 6.59. The van der Waals surface area contributed by atoms with Gasteiger partial charge in [-0.1, -0.05) is 13.8 Å². The van der Waals surface area contributed by atoms with Crippen molar-refractivity contribution < 1.29 is 0 Å². The van der Waals surface area contributed by atoms with Crippen molar-refractivity contribution in [3.8, 4) is 0 Å². The molecule has 86 valence electrons. The number of aromatic nitrogens is 1. The third kappa shape index (κ3) is 2.50. The Morgan fingerprint density at radius 1 is 1.44 bits per heavy atom. The number of benzene rings is 1. The smallest absolute Gasteiger partial charge is 0.0907 e. The van der Waals surface area contributed by atoms with Crippen LogP contribution in [0.15, 0.2) is 17.0 Å². The number of nitrogen functional groups attached to an aromatic ring is 1. The highest BCUT2D eigenvalue weighted by atomic mass is 32.2. The number of nitrogens with zero attached hydrogens (tertiary/aromatic N) is 1. The summed E-state index contributed by atoms with van der Waals surface area (Å²) >= 11 is 3.52. The Morgan fingerprint density at radius 2 is 2.19 bits per heavy atom. The molecule has 0 amide bonds. The summed E-state index contributed by atoms with van der Waals surface area (Å²) in [5, 5.41) is 1.10. The van der Waals surface area contributed by atoms with Gasteiger partial charge in [0.2, 0.25) is 0 Å². The number of aryl methyl sites for hydroxylation is 1. The standard InChI is InChI=1S/C12H16N2S2/c1-7(2)6-15-11-5-10-12(4-9(11)13)16-8(3)14-10/h4-5,7H,6,13H2,1-3H3. The van der Waals surface area contributed by atoms with Crippen LogP contribution in [0.1, 0.15) is 18.9 Å². The van der Waals surface area contributed by atoms with Gasteiger partial charge in [0.05, 0.1) is 15.2 Å². The first-order valence-electron chi connectivity index (χ1n) is 5.35. The zero-order valence-corrected chi connectivity index (χ0v) is 11.4. The zero-order chi connectivity index (χ0) is 11.7. The summed E-state index contributed by atoms with van der Waals surface area (Å²) in [5.74, 6) is 1.77. The van der Waals surface area contributed by atoms with E-state index in [2.05, 4.69) is 24.9 Å². The van der Waals surface area contributed by atoms with E-state index in [0.717, 1.165) is 26.9 Å². The van der Waals surface area contributed by atoms with Crippen LogP contribution in [0.2, 0.25) is 0 Å². The molecule has 16 heavy (non-hydrogen) atoms. The molecule has 0 saturated heterocycles. The number of anilines is 1. The van der Waals surface area contributed by atoms with E-state index in [4.69, 9.17) is 5.73 Å². The Kier molecular flexibility index (Phi) is 3.40. The first-order chi connectivity index (χ1) is 7.56. The Bertz CT molecular complexity index is 503. The number of thiazole rings is 1. The Hall–Kier alpha value is -0.740. The van der Waals surface area contributed by atoms with Gasteiger partial charge in [-0.2, -0.15) is 0 Å². The largest absolute Gasteiger partial charge is 0.398 e. The summed E-state index contributed by atoms with van der Waals surface area (Å²) in [4.78, 5) is 5.65. The number of hydrogen-bond donors (Lipinski definition) is 1. The first kappa shape index (κ1) is 11.7. The molecule has 0 radical (unpaired) electrons. The molecule has 0 aliphatic carbocycles. The van der Waals surface area contributed by atoms with Crippen molar-refractivity contribution in [3.05, 3.63) is 17.1 Å². The van der Waals surface area contributed by atoms with Gasteiger partial charge in [-0.3, -0.25) is 0 Å². The van der Waals surface area contributed by atoms with Crippen LogP contribution >= 0.6 is 23.1 Å². The predicted molar refractivity (Wildman–Crippen MR) is 74.3 cm³/mol. The molecule has 1 aromatic carbocycles. The lowest BCUT2D eigenvalue weighted by Crippen LogP contribution is -1.93. The van der Waals surface area contributed by atoms with E-state index in [1.807, 2.05) is 24.8 Å². The fraction of sp³-hybridized carbons (Fsp3) is 0.417. The number of hydrogen-bond acceptors (Lipinski definition) is 4. The molecule has 4 heteroatoms. The monoisotopic (exact) mass is 252 g/mol. The van der Waals surface area contributed by atoms with Gasteiger partial charge in [-0.15, -0.1) is 23.1 Å². The molecule has 0 bridgehead atoms. The number of fused-ring (bicyclic) bond motifs is 1. The van der Waals surface area contributed by atoms with Gasteiger partial charge >= 0.3 is 0 Å². The lowest BCUT2D eigenvalue weighted by atomic mass is 10.3. The van der Waals surface area contributed by atoms with Gasteiger partial charge in [0, 0.05) is 16.3 Å². The average molecular weight is 252 g/mol. The third-order valence-corrected chi connectivity index (χ3v) is 4.63. The molecule has 0 saturated carbocycles. The summed E-state index contributed by atoms with van der Waals surface area (Å²) in [6.45, 7) is 6.46. The summed E-state index contributed by atoms with van der Waals surface area (Å²) in [6.07, 6.45) is 0. The molecule has 0 fully saturated rings. The highest BCUT2D eigenvalue weighted by Gasteiger charge is 2.07. The van der Waals surface area contributed by atoms with Crippen LogP contribution in [0, 0.1) is 12.8 Å². The van der Waals surface area contributed by atoms with E-state index < -0.39 is 0 Å². The van der Waals surface area contributed by atoms with E-state index in [-0.39, 0.29) is 0 Å². The van der Waals surface area contributed by atoms with Gasteiger partial charge in [-0.05, 0) is 25.0 Å². The maximum absolute atomic E-state index is 6.04. The van der Waals surface area contributed by atoms with Crippen LogP contribution < -0.4 is 5.73 Å². The minimum atomic E-state index is 0.678. The molecule has 0 unspecified atom stereocenters. The normalized spacial score (nSPS) is 11.5. The molecule has 1 heterocycles. The molecule has 0 spiro atoms. The molecule has 2 rings (SSSR count). The van der Waals surface area contributed by atoms with Crippen molar-refractivity contribution in [1.29, 1.82) is 0 Å². The van der Waals surface area contributed by atoms with Crippen molar-refractivity contribution >= 4 is 39.0 Å². The van der Waals surface area contributed by atoms with E-state index in [1.165, 1.54) is 4.70 Å². The van der Waals surface area contributed by atoms with Gasteiger partial charge in [0.25, 0.3) is 0 Å². The minimum absolute atomic E-state index is 0.678. The highest BCUT2D eigenvalue weighted by molar-refractivity contribution is 7.99. The summed E-state index contributed by atoms with van der Waals surface area (Å²) in [5.41, 5.74) is 7.99. The average Bonchev–Trinajstić information content (AvgIpc) is 2.53. The first-order valence-corrected chi connectivity index (χ1v) is 7.16. The lowest BCUT2D eigenvalue weighted by molar-refractivity contribution is 0.750. The molecule has 2 N–H and O–H groups in total. The Balaban J connectivity index is 2.34. The number of thioether (sulfide) groups is 1. The van der Waals surface area contributed by atoms with E-state index in [9.17, 15) is 0 Å². The van der Waals surface area contributed by atoms with Gasteiger partial charge in [0.1, 0.15) is 0 Å². The van der Waals surface area contributed by atoms with E-state index >= 15 is 0 Å². The number of nitrogens with two attached hydrogens (primary N) is 1. The molecular formula is C12H16N2S2. The quantitative estimate of drug-likeness (QED) is 0.664. The van der Waals surface area contributed by atoms with Crippen LogP contribution in [0.4, 0.5) is 5.69 Å². The molecule has 2 nitrogen and oxygen atoms in total. The maximum Gasteiger partial charge on any atom is 0.0907 e. The van der Waals surface area contributed by atoms with Gasteiger partial charge < -0.3 is 5.73 Å². The molecule has 1 aromatic heterocycles. The van der Waals surface area contributed by atoms with Crippen LogP contribution in [0.5, 0.6) is 0 Å². The molecular weight excluding hydrogens is 236 g/mol. The second-order valence-electron chi connectivity index (χ2n) is 4.30. The van der Waals surface area contributed by atoms with Crippen molar-refractivity contribution in [2.45, 2.75) is 25.7 Å². The molecule has 2 aromatic rings. The lowest BCUT2D eigenvalue weighted by Gasteiger charge is -2.07. The highest BCUT2D eigenvalue weighted by Crippen LogP contribution is 2.33. The Morgan fingerprint density at radius 3 is 2.88 bits per heavy atom. The van der Waals surface area contributed by atoms with Crippen molar-refractivity contribution in [2.75, 3.05) is 11.5 Å². The fourth-order valence-electron chi connectivity index (χ4n) is 1.47. The Labute approximate surface area is 104 Å². The number of rotatable bonds is 3. The van der Waals surface area contributed by atoms with Crippen molar-refractivity contribution in [3.63, 3.8) is 0 Å². The van der Waals surface area contributed by atoms with E-state index in [0.29, 0.717) is 5.92 Å². The van der Waals surface area contributed by atoms with Gasteiger partial charge in [-0.25, -0.2) is 4.98 Å². The van der Waals surface area contributed by atoms with Crippen LogP contribution in [0.25, 0.3) is 10.2 Å². The van der Waals surface area contributed by atoms with Gasteiger partial charge in [0.15, 0.2) is 0 Å². The maximum atomic E-state index is 6.04. The topological polar surface area (TPSA) is 38.9 Å². The third-order valence-electron chi connectivity index (χ3n) is 2.20.